The summed E-state index contributed by atoms with van der Waals surface area (Å²) in [6.45, 7) is 5.84. The minimum Gasteiger partial charge on any atom is -0.371 e. The van der Waals surface area contributed by atoms with Crippen molar-refractivity contribution in [3.63, 3.8) is 0 Å². The summed E-state index contributed by atoms with van der Waals surface area (Å²) >= 11 is 6.11. The molecule has 0 radical (unpaired) electrons. The van der Waals surface area contributed by atoms with Crippen LogP contribution in [0.25, 0.3) is 0 Å². The lowest BCUT2D eigenvalue weighted by Gasteiger charge is -2.43. The van der Waals surface area contributed by atoms with Gasteiger partial charge in [0, 0.05) is 36.0 Å². The molecule has 0 spiro atoms. The van der Waals surface area contributed by atoms with Gasteiger partial charge in [0.2, 0.25) is 0 Å². The number of hydrogen-bond acceptors (Lipinski definition) is 5. The SMILES string of the molecule is CCNC(=O)[C@@]1(OCc2ccc(F)cc2F)CC(OCc2cccc(Cl)c2)[C@@H]2OC(C)(C)O[C@@H]2C1. The van der Waals surface area contributed by atoms with Gasteiger partial charge in [-0.25, -0.2) is 8.78 Å². The predicted molar refractivity (Wildman–Crippen MR) is 126 cm³/mol. The molecule has 0 bridgehead atoms. The van der Waals surface area contributed by atoms with Crippen LogP contribution < -0.4 is 5.32 Å². The van der Waals surface area contributed by atoms with E-state index in [-0.39, 0.29) is 37.5 Å². The molecule has 1 saturated heterocycles. The standard InChI is InChI=1S/C26H30ClF2NO5/c1-4-30-24(31)26(33-15-17-8-9-19(28)11-20(17)29)12-21(23-22(13-26)34-25(2,3)35-23)32-14-16-6-5-7-18(27)10-16/h5-11,21-23H,4,12-15H2,1-3H3,(H,30,31)/t21?,22-,23+,26-/m1/s1. The summed E-state index contributed by atoms with van der Waals surface area (Å²) in [5, 5.41) is 3.42. The van der Waals surface area contributed by atoms with E-state index in [9.17, 15) is 13.6 Å². The van der Waals surface area contributed by atoms with E-state index >= 15 is 0 Å². The van der Waals surface area contributed by atoms with Crippen molar-refractivity contribution in [2.75, 3.05) is 6.54 Å². The first-order valence-corrected chi connectivity index (χ1v) is 12.1. The molecule has 2 aromatic carbocycles. The number of amides is 1. The van der Waals surface area contributed by atoms with E-state index in [4.69, 9.17) is 30.5 Å². The topological polar surface area (TPSA) is 66.0 Å². The molecule has 1 saturated carbocycles. The van der Waals surface area contributed by atoms with Gasteiger partial charge < -0.3 is 24.3 Å². The van der Waals surface area contributed by atoms with Gasteiger partial charge >= 0.3 is 0 Å². The Morgan fingerprint density at radius 1 is 1.14 bits per heavy atom. The lowest BCUT2D eigenvalue weighted by molar-refractivity contribution is -0.183. The highest BCUT2D eigenvalue weighted by Crippen LogP contribution is 2.44. The van der Waals surface area contributed by atoms with E-state index in [1.807, 2.05) is 39.0 Å². The van der Waals surface area contributed by atoms with Gasteiger partial charge in [-0.3, -0.25) is 4.79 Å². The Morgan fingerprint density at radius 2 is 1.94 bits per heavy atom. The van der Waals surface area contributed by atoms with Crippen molar-refractivity contribution >= 4 is 17.5 Å². The molecule has 190 valence electrons. The smallest absolute Gasteiger partial charge is 0.252 e. The van der Waals surface area contributed by atoms with E-state index in [2.05, 4.69) is 5.32 Å². The Labute approximate surface area is 208 Å². The number of hydrogen-bond donors (Lipinski definition) is 1. The number of benzene rings is 2. The van der Waals surface area contributed by atoms with Gasteiger partial charge in [0.1, 0.15) is 17.7 Å². The van der Waals surface area contributed by atoms with Crippen LogP contribution in [0, 0.1) is 11.6 Å². The Balaban J connectivity index is 1.60. The first-order chi connectivity index (χ1) is 16.6. The number of fused-ring (bicyclic) bond motifs is 1. The van der Waals surface area contributed by atoms with Crippen molar-refractivity contribution in [1.82, 2.24) is 5.32 Å². The van der Waals surface area contributed by atoms with Crippen molar-refractivity contribution in [3.05, 3.63) is 70.2 Å². The van der Waals surface area contributed by atoms with Crippen molar-refractivity contribution in [1.29, 1.82) is 0 Å². The van der Waals surface area contributed by atoms with Gasteiger partial charge in [-0.15, -0.1) is 0 Å². The fraction of sp³-hybridized carbons (Fsp3) is 0.500. The van der Waals surface area contributed by atoms with Crippen LogP contribution in [0.1, 0.15) is 44.7 Å². The molecule has 1 aliphatic carbocycles. The molecule has 1 aliphatic heterocycles. The minimum absolute atomic E-state index is 0.150. The molecule has 4 rings (SSSR count). The molecule has 1 unspecified atom stereocenters. The minimum atomic E-state index is -1.36. The third kappa shape index (κ3) is 6.01. The molecule has 0 aromatic heterocycles. The zero-order valence-corrected chi connectivity index (χ0v) is 20.7. The number of rotatable bonds is 8. The first kappa shape index (κ1) is 26.0. The fourth-order valence-electron chi connectivity index (χ4n) is 4.71. The third-order valence-corrected chi connectivity index (χ3v) is 6.51. The molecular formula is C26H30ClF2NO5. The quantitative estimate of drug-likeness (QED) is 0.548. The normalized spacial score (nSPS) is 27.4. The molecule has 2 aliphatic rings. The molecule has 9 heteroatoms. The van der Waals surface area contributed by atoms with Crippen LogP contribution in [-0.2, 0) is 37.0 Å². The Hall–Kier alpha value is -2.10. The average molecular weight is 510 g/mol. The van der Waals surface area contributed by atoms with Gasteiger partial charge in [-0.2, -0.15) is 0 Å². The summed E-state index contributed by atoms with van der Waals surface area (Å²) in [6, 6.07) is 10.6. The molecule has 1 heterocycles. The third-order valence-electron chi connectivity index (χ3n) is 6.27. The van der Waals surface area contributed by atoms with Gasteiger partial charge in [-0.1, -0.05) is 29.8 Å². The van der Waals surface area contributed by atoms with Crippen LogP contribution in [0.4, 0.5) is 8.78 Å². The Kier molecular flexibility index (Phi) is 7.78. The highest BCUT2D eigenvalue weighted by molar-refractivity contribution is 6.30. The number of carbonyl (C=O) groups excluding carboxylic acids is 1. The summed E-state index contributed by atoms with van der Waals surface area (Å²) in [5.74, 6) is -2.63. The predicted octanol–water partition coefficient (Wildman–Crippen LogP) is 4.91. The number of likely N-dealkylation sites (N-methyl/N-ethyl adjacent to an activating group) is 1. The highest BCUT2D eigenvalue weighted by atomic mass is 35.5. The second-order valence-corrected chi connectivity index (χ2v) is 9.84. The van der Waals surface area contributed by atoms with Crippen molar-refractivity contribution < 1.29 is 32.5 Å². The zero-order valence-electron chi connectivity index (χ0n) is 20.0. The van der Waals surface area contributed by atoms with E-state index in [0.717, 1.165) is 17.7 Å². The maximum Gasteiger partial charge on any atom is 0.252 e. The summed E-state index contributed by atoms with van der Waals surface area (Å²) < 4.78 is 52.4. The Bertz CT molecular complexity index is 1070. The molecule has 2 fully saturated rings. The number of carbonyl (C=O) groups is 1. The molecule has 6 nitrogen and oxygen atoms in total. The van der Waals surface area contributed by atoms with Crippen molar-refractivity contribution in [2.24, 2.45) is 0 Å². The average Bonchev–Trinajstić information content (AvgIpc) is 3.10. The molecule has 4 atom stereocenters. The molecule has 1 amide bonds. The number of ether oxygens (including phenoxy) is 4. The second kappa shape index (κ2) is 10.5. The largest absolute Gasteiger partial charge is 0.371 e. The number of nitrogens with one attached hydrogen (secondary N) is 1. The summed E-state index contributed by atoms with van der Waals surface area (Å²) in [7, 11) is 0. The maximum atomic E-state index is 14.3. The molecule has 35 heavy (non-hydrogen) atoms. The van der Waals surface area contributed by atoms with Crippen LogP contribution in [0.5, 0.6) is 0 Å². The molecule has 2 aromatic rings. The lowest BCUT2D eigenvalue weighted by Crippen LogP contribution is -2.60. The monoisotopic (exact) mass is 509 g/mol. The summed E-state index contributed by atoms with van der Waals surface area (Å²) in [6.07, 6.45) is -1.08. The fourth-order valence-corrected chi connectivity index (χ4v) is 4.93. The lowest BCUT2D eigenvalue weighted by atomic mass is 9.78. The Morgan fingerprint density at radius 3 is 2.66 bits per heavy atom. The van der Waals surface area contributed by atoms with Crippen LogP contribution in [0.2, 0.25) is 5.02 Å². The molecule has 1 N–H and O–H groups in total. The molecular weight excluding hydrogens is 480 g/mol. The summed E-state index contributed by atoms with van der Waals surface area (Å²) in [5.41, 5.74) is -0.339. The van der Waals surface area contributed by atoms with Gasteiger partial charge in [0.15, 0.2) is 11.4 Å². The van der Waals surface area contributed by atoms with Gasteiger partial charge in [-0.05, 0) is 44.5 Å². The van der Waals surface area contributed by atoms with E-state index in [1.54, 1.807) is 6.07 Å². The number of halogens is 3. The maximum absolute atomic E-state index is 14.3. The van der Waals surface area contributed by atoms with E-state index < -0.39 is 41.3 Å². The highest BCUT2D eigenvalue weighted by Gasteiger charge is 2.58. The van der Waals surface area contributed by atoms with E-state index in [1.165, 1.54) is 6.07 Å². The second-order valence-electron chi connectivity index (χ2n) is 9.40. The van der Waals surface area contributed by atoms with Crippen LogP contribution in [0.15, 0.2) is 42.5 Å². The van der Waals surface area contributed by atoms with Crippen LogP contribution in [-0.4, -0.2) is 42.2 Å². The van der Waals surface area contributed by atoms with Crippen LogP contribution >= 0.6 is 11.6 Å². The van der Waals surface area contributed by atoms with E-state index in [0.29, 0.717) is 11.6 Å². The zero-order chi connectivity index (χ0) is 25.2. The van der Waals surface area contributed by atoms with Crippen molar-refractivity contribution in [2.45, 2.75) is 76.5 Å². The summed E-state index contributed by atoms with van der Waals surface area (Å²) in [4.78, 5) is 13.3. The van der Waals surface area contributed by atoms with Crippen molar-refractivity contribution in [3.8, 4) is 0 Å². The first-order valence-electron chi connectivity index (χ1n) is 11.7. The van der Waals surface area contributed by atoms with Gasteiger partial charge in [0.25, 0.3) is 5.91 Å². The van der Waals surface area contributed by atoms with Gasteiger partial charge in [0.05, 0.1) is 25.4 Å². The van der Waals surface area contributed by atoms with Crippen LogP contribution in [0.3, 0.4) is 0 Å².